The smallest absolute Gasteiger partial charge is 0.238 e. The molecule has 1 aromatic carbocycles. The number of nitrogens with two attached hydrogens (primary N) is 1. The highest BCUT2D eigenvalue weighted by Gasteiger charge is 2.33. The Hall–Kier alpha value is -1.44. The summed E-state index contributed by atoms with van der Waals surface area (Å²) in [6.07, 6.45) is 9.77. The number of rotatable bonds is 7. The molecule has 0 unspecified atom stereocenters. The topological polar surface area (TPSA) is 92.5 Å². The molecule has 1 saturated heterocycles. The lowest BCUT2D eigenvalue weighted by Gasteiger charge is -2.33. The maximum atomic E-state index is 12.4. The SMILES string of the molecule is NS(=O)(=O)c1ccc(CCNC(=O)CN2CCC[C@@H]2C2CCCCC2)cc1. The van der Waals surface area contributed by atoms with Gasteiger partial charge in [0.05, 0.1) is 11.4 Å². The molecule has 0 spiro atoms. The molecule has 7 heteroatoms. The van der Waals surface area contributed by atoms with Gasteiger partial charge in [0, 0.05) is 12.6 Å². The van der Waals surface area contributed by atoms with Crippen LogP contribution < -0.4 is 10.5 Å². The van der Waals surface area contributed by atoms with Crippen LogP contribution in [0.15, 0.2) is 29.2 Å². The van der Waals surface area contributed by atoms with E-state index in [0.717, 1.165) is 18.0 Å². The summed E-state index contributed by atoms with van der Waals surface area (Å²) in [5, 5.41) is 8.10. The van der Waals surface area contributed by atoms with Gasteiger partial charge in [-0.15, -0.1) is 0 Å². The number of nitrogens with zero attached hydrogens (tertiary/aromatic N) is 1. The molecule has 1 aliphatic carbocycles. The van der Waals surface area contributed by atoms with Gasteiger partial charge >= 0.3 is 0 Å². The van der Waals surface area contributed by atoms with Crippen molar-refractivity contribution in [3.05, 3.63) is 29.8 Å². The first kappa shape index (κ1) is 20.3. The van der Waals surface area contributed by atoms with Crippen molar-refractivity contribution in [2.45, 2.75) is 62.3 Å². The van der Waals surface area contributed by atoms with Crippen molar-refractivity contribution in [2.75, 3.05) is 19.6 Å². The number of carbonyl (C=O) groups excluding carboxylic acids is 1. The summed E-state index contributed by atoms with van der Waals surface area (Å²) in [5.41, 5.74) is 0.976. The van der Waals surface area contributed by atoms with Crippen LogP contribution in [0.4, 0.5) is 0 Å². The molecule has 150 valence electrons. The summed E-state index contributed by atoms with van der Waals surface area (Å²) in [7, 11) is -3.66. The molecule has 2 fully saturated rings. The van der Waals surface area contributed by atoms with E-state index >= 15 is 0 Å². The Morgan fingerprint density at radius 2 is 1.78 bits per heavy atom. The Morgan fingerprint density at radius 1 is 1.07 bits per heavy atom. The predicted octanol–water partition coefficient (Wildman–Crippen LogP) is 2.04. The minimum Gasteiger partial charge on any atom is -0.355 e. The number of hydrogen-bond donors (Lipinski definition) is 2. The lowest BCUT2D eigenvalue weighted by molar-refractivity contribution is -0.122. The lowest BCUT2D eigenvalue weighted by atomic mass is 9.83. The van der Waals surface area contributed by atoms with Crippen LogP contribution in [-0.4, -0.2) is 44.9 Å². The molecule has 27 heavy (non-hydrogen) atoms. The number of sulfonamides is 1. The summed E-state index contributed by atoms with van der Waals surface area (Å²) in [6.45, 7) is 2.07. The molecule has 2 aliphatic rings. The van der Waals surface area contributed by atoms with E-state index in [1.165, 1.54) is 57.1 Å². The zero-order valence-corrected chi connectivity index (χ0v) is 16.7. The Morgan fingerprint density at radius 3 is 2.44 bits per heavy atom. The van der Waals surface area contributed by atoms with E-state index in [0.29, 0.717) is 25.6 Å². The molecule has 3 N–H and O–H groups in total. The standard InChI is InChI=1S/C20H31N3O3S/c21-27(25,26)18-10-8-16(9-11-18)12-13-22-20(24)15-23-14-4-7-19(23)17-5-2-1-3-6-17/h8-11,17,19H,1-7,12-15H2,(H,22,24)(H2,21,25,26)/t19-/m1/s1. The third-order valence-corrected chi connectivity index (χ3v) is 6.87. The van der Waals surface area contributed by atoms with Crippen molar-refractivity contribution in [2.24, 2.45) is 11.1 Å². The fourth-order valence-electron chi connectivity index (χ4n) is 4.53. The van der Waals surface area contributed by atoms with Crippen molar-refractivity contribution in [1.29, 1.82) is 0 Å². The van der Waals surface area contributed by atoms with Crippen LogP contribution in [0.25, 0.3) is 0 Å². The summed E-state index contributed by atoms with van der Waals surface area (Å²) in [6, 6.07) is 7.08. The number of nitrogens with one attached hydrogen (secondary N) is 1. The zero-order chi connectivity index (χ0) is 19.3. The second-order valence-corrected chi connectivity index (χ2v) is 9.43. The minimum absolute atomic E-state index is 0.0823. The molecule has 0 radical (unpaired) electrons. The Bertz CT molecular complexity index is 727. The van der Waals surface area contributed by atoms with E-state index in [-0.39, 0.29) is 10.8 Å². The van der Waals surface area contributed by atoms with E-state index in [1.54, 1.807) is 12.1 Å². The molecule has 1 heterocycles. The Kier molecular flexibility index (Phi) is 6.89. The van der Waals surface area contributed by atoms with Crippen LogP contribution in [0.3, 0.4) is 0 Å². The van der Waals surface area contributed by atoms with Gasteiger partial charge < -0.3 is 5.32 Å². The van der Waals surface area contributed by atoms with Crippen LogP contribution in [-0.2, 0) is 21.2 Å². The van der Waals surface area contributed by atoms with Crippen molar-refractivity contribution in [3.63, 3.8) is 0 Å². The van der Waals surface area contributed by atoms with Crippen LogP contribution >= 0.6 is 0 Å². The number of carbonyl (C=O) groups is 1. The van der Waals surface area contributed by atoms with Gasteiger partial charge in [0.1, 0.15) is 0 Å². The van der Waals surface area contributed by atoms with E-state index < -0.39 is 10.0 Å². The normalized spacial score (nSPS) is 22.0. The summed E-state index contributed by atoms with van der Waals surface area (Å²) >= 11 is 0. The third-order valence-electron chi connectivity index (χ3n) is 5.94. The second kappa shape index (κ2) is 9.17. The number of primary sulfonamides is 1. The van der Waals surface area contributed by atoms with Crippen LogP contribution in [0, 0.1) is 5.92 Å². The van der Waals surface area contributed by atoms with Gasteiger partial charge in [0.2, 0.25) is 15.9 Å². The van der Waals surface area contributed by atoms with Gasteiger partial charge in [-0.1, -0.05) is 31.4 Å². The highest BCUT2D eigenvalue weighted by atomic mass is 32.2. The van der Waals surface area contributed by atoms with Crippen LogP contribution in [0.5, 0.6) is 0 Å². The monoisotopic (exact) mass is 393 g/mol. The van der Waals surface area contributed by atoms with Gasteiger partial charge in [0.25, 0.3) is 0 Å². The first-order valence-corrected chi connectivity index (χ1v) is 11.6. The van der Waals surface area contributed by atoms with Gasteiger partial charge in [-0.2, -0.15) is 0 Å². The Balaban J connectivity index is 1.42. The molecule has 1 aromatic rings. The number of benzene rings is 1. The molecule has 3 rings (SSSR count). The minimum atomic E-state index is -3.66. The van der Waals surface area contributed by atoms with E-state index in [4.69, 9.17) is 5.14 Å². The van der Waals surface area contributed by atoms with Crippen molar-refractivity contribution in [3.8, 4) is 0 Å². The molecule has 1 aliphatic heterocycles. The number of likely N-dealkylation sites (tertiary alicyclic amines) is 1. The second-order valence-electron chi connectivity index (χ2n) is 7.87. The molecule has 6 nitrogen and oxygen atoms in total. The average molecular weight is 394 g/mol. The summed E-state index contributed by atoms with van der Waals surface area (Å²) in [4.78, 5) is 14.8. The summed E-state index contributed by atoms with van der Waals surface area (Å²) < 4.78 is 22.5. The maximum absolute atomic E-state index is 12.4. The summed E-state index contributed by atoms with van der Waals surface area (Å²) in [5.74, 6) is 0.852. The third kappa shape index (κ3) is 5.77. The highest BCUT2D eigenvalue weighted by molar-refractivity contribution is 7.89. The molecular formula is C20H31N3O3S. The van der Waals surface area contributed by atoms with Gasteiger partial charge in [-0.05, 0) is 62.3 Å². The highest BCUT2D eigenvalue weighted by Crippen LogP contribution is 2.33. The quantitative estimate of drug-likeness (QED) is 0.741. The zero-order valence-electron chi connectivity index (χ0n) is 15.9. The van der Waals surface area contributed by atoms with Gasteiger partial charge in [-0.25, -0.2) is 13.6 Å². The largest absolute Gasteiger partial charge is 0.355 e. The van der Waals surface area contributed by atoms with Gasteiger partial charge in [-0.3, -0.25) is 9.69 Å². The first-order valence-electron chi connectivity index (χ1n) is 10.1. The van der Waals surface area contributed by atoms with Crippen LogP contribution in [0.2, 0.25) is 0 Å². The van der Waals surface area contributed by atoms with E-state index in [2.05, 4.69) is 10.2 Å². The molecule has 0 bridgehead atoms. The molecule has 0 aromatic heterocycles. The molecule has 1 saturated carbocycles. The van der Waals surface area contributed by atoms with E-state index in [1.807, 2.05) is 0 Å². The fraction of sp³-hybridized carbons (Fsp3) is 0.650. The Labute approximate surface area is 162 Å². The average Bonchev–Trinajstić information content (AvgIpc) is 3.10. The number of hydrogen-bond acceptors (Lipinski definition) is 4. The van der Waals surface area contributed by atoms with E-state index in [9.17, 15) is 13.2 Å². The van der Waals surface area contributed by atoms with Crippen molar-refractivity contribution in [1.82, 2.24) is 10.2 Å². The number of amides is 1. The first-order chi connectivity index (χ1) is 12.9. The maximum Gasteiger partial charge on any atom is 0.238 e. The predicted molar refractivity (Wildman–Crippen MR) is 106 cm³/mol. The lowest BCUT2D eigenvalue weighted by Crippen LogP contribution is -2.43. The van der Waals surface area contributed by atoms with Gasteiger partial charge in [0.15, 0.2) is 0 Å². The van der Waals surface area contributed by atoms with Crippen LogP contribution in [0.1, 0.15) is 50.5 Å². The molecular weight excluding hydrogens is 362 g/mol. The van der Waals surface area contributed by atoms with Crippen molar-refractivity contribution >= 4 is 15.9 Å². The van der Waals surface area contributed by atoms with Crippen molar-refractivity contribution < 1.29 is 13.2 Å². The molecule has 1 amide bonds. The molecule has 1 atom stereocenters. The fourth-order valence-corrected chi connectivity index (χ4v) is 5.05.